The van der Waals surface area contributed by atoms with Gasteiger partial charge in [-0.15, -0.1) is 11.3 Å². The van der Waals surface area contributed by atoms with Gasteiger partial charge < -0.3 is 0 Å². The Morgan fingerprint density at radius 3 is 3.00 bits per heavy atom. The van der Waals surface area contributed by atoms with E-state index in [1.807, 2.05) is 23.6 Å². The molecule has 0 radical (unpaired) electrons. The van der Waals surface area contributed by atoms with Crippen molar-refractivity contribution in [1.82, 2.24) is 9.97 Å². The lowest BCUT2D eigenvalue weighted by Crippen LogP contribution is -1.92. The first kappa shape index (κ1) is 10.8. The second-order valence-corrected chi connectivity index (χ2v) is 5.57. The minimum absolute atomic E-state index is 0.255. The summed E-state index contributed by atoms with van der Waals surface area (Å²) in [7, 11) is 0. The molecule has 0 unspecified atom stereocenters. The Hall–Kier alpha value is -2.07. The van der Waals surface area contributed by atoms with Crippen molar-refractivity contribution in [2.45, 2.75) is 12.8 Å². The van der Waals surface area contributed by atoms with Crippen molar-refractivity contribution < 1.29 is 4.79 Å². The normalized spacial score (nSPS) is 14.0. The molecule has 0 atom stereocenters. The zero-order chi connectivity index (χ0) is 12.8. The molecule has 0 saturated heterocycles. The zero-order valence-electron chi connectivity index (χ0n) is 10.1. The van der Waals surface area contributed by atoms with Crippen LogP contribution < -0.4 is 0 Å². The minimum Gasteiger partial charge on any atom is -0.294 e. The van der Waals surface area contributed by atoms with Crippen LogP contribution in [0.1, 0.15) is 22.3 Å². The quantitative estimate of drug-likeness (QED) is 0.677. The fraction of sp³-hybridized carbons (Fsp3) is 0.133. The lowest BCUT2D eigenvalue weighted by molar-refractivity contribution is 0.0994. The van der Waals surface area contributed by atoms with E-state index < -0.39 is 0 Å². The smallest absolute Gasteiger partial charge is 0.163 e. The number of aryl methyl sites for hydroxylation is 1. The number of carbonyl (C=O) groups is 1. The Morgan fingerprint density at radius 2 is 2.05 bits per heavy atom. The molecule has 1 aromatic carbocycles. The second-order valence-electron chi connectivity index (χ2n) is 4.65. The van der Waals surface area contributed by atoms with Gasteiger partial charge in [-0.05, 0) is 29.5 Å². The maximum absolute atomic E-state index is 11.7. The molecule has 2 heterocycles. The molecule has 92 valence electrons. The molecular formula is C15H10N2OS. The highest BCUT2D eigenvalue weighted by molar-refractivity contribution is 7.17. The molecule has 1 aliphatic rings. The highest BCUT2D eigenvalue weighted by atomic mass is 32.1. The fourth-order valence-corrected chi connectivity index (χ4v) is 3.45. The van der Waals surface area contributed by atoms with Crippen molar-refractivity contribution in [1.29, 1.82) is 0 Å². The SMILES string of the molecule is O=C1CCc2cc(-c3ncnc4ccsc34)ccc21. The minimum atomic E-state index is 0.255. The maximum atomic E-state index is 11.7. The second kappa shape index (κ2) is 3.96. The monoisotopic (exact) mass is 266 g/mol. The van der Waals surface area contributed by atoms with Gasteiger partial charge in [-0.25, -0.2) is 9.97 Å². The van der Waals surface area contributed by atoms with E-state index in [1.54, 1.807) is 17.7 Å². The third kappa shape index (κ3) is 1.60. The average molecular weight is 266 g/mol. The number of ketones is 1. The largest absolute Gasteiger partial charge is 0.294 e. The van der Waals surface area contributed by atoms with Crippen LogP contribution in [-0.2, 0) is 6.42 Å². The molecule has 3 nitrogen and oxygen atoms in total. The summed E-state index contributed by atoms with van der Waals surface area (Å²) in [5.41, 5.74) is 5.03. The van der Waals surface area contributed by atoms with Gasteiger partial charge in [0.15, 0.2) is 5.78 Å². The third-order valence-electron chi connectivity index (χ3n) is 3.54. The van der Waals surface area contributed by atoms with Crippen LogP contribution in [0.15, 0.2) is 36.0 Å². The molecular weight excluding hydrogens is 256 g/mol. The molecule has 0 N–H and O–H groups in total. The van der Waals surface area contributed by atoms with Crippen molar-refractivity contribution in [3.8, 4) is 11.3 Å². The van der Waals surface area contributed by atoms with Crippen LogP contribution in [0.25, 0.3) is 21.5 Å². The molecule has 0 aliphatic heterocycles. The van der Waals surface area contributed by atoms with Gasteiger partial charge in [0.2, 0.25) is 0 Å². The summed E-state index contributed by atoms with van der Waals surface area (Å²) in [6.45, 7) is 0. The molecule has 0 amide bonds. The van der Waals surface area contributed by atoms with Crippen LogP contribution in [0.5, 0.6) is 0 Å². The van der Waals surface area contributed by atoms with Gasteiger partial charge in [0.1, 0.15) is 6.33 Å². The number of hydrogen-bond acceptors (Lipinski definition) is 4. The van der Waals surface area contributed by atoms with Crippen LogP contribution in [0, 0.1) is 0 Å². The Balaban J connectivity index is 1.93. The standard InChI is InChI=1S/C15H10N2OS/c18-13-4-2-9-7-10(1-3-11(9)13)14-15-12(5-6-19-15)16-8-17-14/h1,3,5-8H,2,4H2. The highest BCUT2D eigenvalue weighted by Crippen LogP contribution is 2.32. The van der Waals surface area contributed by atoms with Crippen LogP contribution in [0.2, 0.25) is 0 Å². The number of rotatable bonds is 1. The number of thiophene rings is 1. The first-order valence-corrected chi connectivity index (χ1v) is 7.05. The molecule has 0 fully saturated rings. The Kier molecular flexibility index (Phi) is 2.26. The van der Waals surface area contributed by atoms with Crippen molar-refractivity contribution >= 4 is 27.3 Å². The number of carbonyl (C=O) groups excluding carboxylic acids is 1. The van der Waals surface area contributed by atoms with Crippen molar-refractivity contribution in [2.75, 3.05) is 0 Å². The van der Waals surface area contributed by atoms with E-state index >= 15 is 0 Å². The third-order valence-corrected chi connectivity index (χ3v) is 4.45. The van der Waals surface area contributed by atoms with E-state index in [-0.39, 0.29) is 5.78 Å². The molecule has 19 heavy (non-hydrogen) atoms. The number of fused-ring (bicyclic) bond motifs is 2. The Bertz CT molecular complexity index is 807. The number of nitrogens with zero attached hydrogens (tertiary/aromatic N) is 2. The van der Waals surface area contributed by atoms with Crippen molar-refractivity contribution in [3.63, 3.8) is 0 Å². The van der Waals surface area contributed by atoms with Gasteiger partial charge in [-0.2, -0.15) is 0 Å². The predicted molar refractivity (Wildman–Crippen MR) is 75.5 cm³/mol. The molecule has 2 aromatic heterocycles. The Morgan fingerprint density at radius 1 is 1.11 bits per heavy atom. The van der Waals surface area contributed by atoms with Gasteiger partial charge in [0, 0.05) is 17.5 Å². The van der Waals surface area contributed by atoms with E-state index in [0.29, 0.717) is 6.42 Å². The van der Waals surface area contributed by atoms with Gasteiger partial charge in [-0.3, -0.25) is 4.79 Å². The van der Waals surface area contributed by atoms with Crippen molar-refractivity contribution in [2.24, 2.45) is 0 Å². The molecule has 3 aromatic rings. The summed E-state index contributed by atoms with van der Waals surface area (Å²) >= 11 is 1.65. The number of Topliss-reactive ketones (excluding diaryl/α,β-unsaturated/α-hetero) is 1. The molecule has 0 spiro atoms. The van der Waals surface area contributed by atoms with Crippen LogP contribution >= 0.6 is 11.3 Å². The molecule has 4 rings (SSSR count). The van der Waals surface area contributed by atoms with Gasteiger partial charge in [0.25, 0.3) is 0 Å². The van der Waals surface area contributed by atoms with Gasteiger partial charge in [-0.1, -0.05) is 12.1 Å². The van der Waals surface area contributed by atoms with Crippen LogP contribution in [-0.4, -0.2) is 15.8 Å². The van der Waals surface area contributed by atoms with E-state index in [2.05, 4.69) is 16.0 Å². The first-order chi connectivity index (χ1) is 9.33. The summed E-state index contributed by atoms with van der Waals surface area (Å²) in [5.74, 6) is 0.255. The average Bonchev–Trinajstić information content (AvgIpc) is 3.05. The van der Waals surface area contributed by atoms with E-state index in [1.165, 1.54) is 0 Å². The number of aromatic nitrogens is 2. The van der Waals surface area contributed by atoms with E-state index in [0.717, 1.165) is 39.0 Å². The van der Waals surface area contributed by atoms with Crippen LogP contribution in [0.3, 0.4) is 0 Å². The topological polar surface area (TPSA) is 42.9 Å². The Labute approximate surface area is 114 Å². The van der Waals surface area contributed by atoms with Crippen LogP contribution in [0.4, 0.5) is 0 Å². The summed E-state index contributed by atoms with van der Waals surface area (Å²) in [6, 6.07) is 8.02. The molecule has 0 saturated carbocycles. The summed E-state index contributed by atoms with van der Waals surface area (Å²) < 4.78 is 1.10. The van der Waals surface area contributed by atoms with E-state index in [4.69, 9.17) is 0 Å². The maximum Gasteiger partial charge on any atom is 0.163 e. The van der Waals surface area contributed by atoms with Crippen molar-refractivity contribution in [3.05, 3.63) is 47.1 Å². The summed E-state index contributed by atoms with van der Waals surface area (Å²) in [5, 5.41) is 2.03. The zero-order valence-corrected chi connectivity index (χ0v) is 10.9. The van der Waals surface area contributed by atoms with E-state index in [9.17, 15) is 4.79 Å². The van der Waals surface area contributed by atoms with Gasteiger partial charge in [0.05, 0.1) is 15.9 Å². The fourth-order valence-electron chi connectivity index (χ4n) is 2.60. The lowest BCUT2D eigenvalue weighted by atomic mass is 10.0. The predicted octanol–water partition coefficient (Wildman–Crippen LogP) is 3.49. The number of benzene rings is 1. The lowest BCUT2D eigenvalue weighted by Gasteiger charge is -2.04. The highest BCUT2D eigenvalue weighted by Gasteiger charge is 2.20. The first-order valence-electron chi connectivity index (χ1n) is 6.17. The van der Waals surface area contributed by atoms with Gasteiger partial charge >= 0.3 is 0 Å². The number of hydrogen-bond donors (Lipinski definition) is 0. The summed E-state index contributed by atoms with van der Waals surface area (Å²) in [4.78, 5) is 20.3. The molecule has 0 bridgehead atoms. The summed E-state index contributed by atoms with van der Waals surface area (Å²) in [6.07, 6.45) is 3.08. The molecule has 4 heteroatoms. The molecule has 1 aliphatic carbocycles.